The van der Waals surface area contributed by atoms with Crippen molar-refractivity contribution < 1.29 is 14.3 Å². The second-order valence-corrected chi connectivity index (χ2v) is 7.08. The summed E-state index contributed by atoms with van der Waals surface area (Å²) in [6.07, 6.45) is -0.448. The van der Waals surface area contributed by atoms with Gasteiger partial charge in [0.1, 0.15) is 5.60 Å². The first-order chi connectivity index (χ1) is 10.3. The lowest BCUT2D eigenvalue weighted by molar-refractivity contribution is -0.113. The van der Waals surface area contributed by atoms with Crippen LogP contribution in [0, 0.1) is 0 Å². The molecule has 1 aromatic carbocycles. The lowest BCUT2D eigenvalue weighted by atomic mass is 10.2. The molecule has 22 heavy (non-hydrogen) atoms. The van der Waals surface area contributed by atoms with Crippen LogP contribution in [0.4, 0.5) is 10.5 Å². The van der Waals surface area contributed by atoms with E-state index in [2.05, 4.69) is 10.6 Å². The summed E-state index contributed by atoms with van der Waals surface area (Å²) in [5, 5.41) is 5.97. The third kappa shape index (κ3) is 8.79. The number of anilines is 1. The van der Waals surface area contributed by atoms with Gasteiger partial charge in [0.15, 0.2) is 0 Å². The molecule has 2 amide bonds. The van der Waals surface area contributed by atoms with Crippen molar-refractivity contribution in [1.82, 2.24) is 5.32 Å². The molecule has 0 heterocycles. The van der Waals surface area contributed by atoms with E-state index in [0.29, 0.717) is 28.8 Å². The average Bonchev–Trinajstić information content (AvgIpc) is 2.36. The average molecular weight is 345 g/mol. The normalized spacial score (nSPS) is 10.9. The van der Waals surface area contributed by atoms with E-state index in [9.17, 15) is 9.59 Å². The van der Waals surface area contributed by atoms with Crippen LogP contribution in [0.3, 0.4) is 0 Å². The minimum atomic E-state index is -0.506. The van der Waals surface area contributed by atoms with Crippen LogP contribution in [0.5, 0.6) is 0 Å². The molecule has 0 atom stereocenters. The summed E-state index contributed by atoms with van der Waals surface area (Å²) in [7, 11) is 0. The zero-order valence-electron chi connectivity index (χ0n) is 12.9. The molecule has 0 aliphatic heterocycles. The van der Waals surface area contributed by atoms with Crippen molar-refractivity contribution in [2.24, 2.45) is 0 Å². The van der Waals surface area contributed by atoms with Gasteiger partial charge in [-0.1, -0.05) is 17.7 Å². The second kappa shape index (κ2) is 8.90. The number of carbonyl (C=O) groups is 2. The third-order valence-corrected chi connectivity index (χ3v) is 3.45. The number of rotatable bonds is 6. The Balaban J connectivity index is 2.14. The Bertz CT molecular complexity index is 518. The molecule has 5 nitrogen and oxygen atoms in total. The van der Waals surface area contributed by atoms with E-state index in [1.54, 1.807) is 24.3 Å². The van der Waals surface area contributed by atoms with Crippen molar-refractivity contribution in [3.05, 3.63) is 29.3 Å². The lowest BCUT2D eigenvalue weighted by Crippen LogP contribution is -2.33. The van der Waals surface area contributed by atoms with Gasteiger partial charge in [-0.25, -0.2) is 4.79 Å². The highest BCUT2D eigenvalue weighted by Crippen LogP contribution is 2.15. The topological polar surface area (TPSA) is 67.4 Å². The minimum absolute atomic E-state index is 0.107. The summed E-state index contributed by atoms with van der Waals surface area (Å²) in [5.74, 6) is 0.828. The maximum absolute atomic E-state index is 11.7. The summed E-state index contributed by atoms with van der Waals surface area (Å²) >= 11 is 7.27. The van der Waals surface area contributed by atoms with E-state index in [1.807, 2.05) is 20.8 Å². The number of ether oxygens (including phenoxy) is 1. The highest BCUT2D eigenvalue weighted by molar-refractivity contribution is 7.99. The van der Waals surface area contributed by atoms with Gasteiger partial charge >= 0.3 is 6.09 Å². The monoisotopic (exact) mass is 344 g/mol. The molecule has 0 aliphatic carbocycles. The van der Waals surface area contributed by atoms with E-state index < -0.39 is 11.7 Å². The molecular formula is C15H21ClN2O3S. The Hall–Kier alpha value is -1.40. The summed E-state index contributed by atoms with van der Waals surface area (Å²) in [6.45, 7) is 5.87. The maximum Gasteiger partial charge on any atom is 0.407 e. The van der Waals surface area contributed by atoms with Gasteiger partial charge in [-0.2, -0.15) is 11.8 Å². The molecule has 0 bridgehead atoms. The van der Waals surface area contributed by atoms with Gasteiger partial charge in [0, 0.05) is 23.0 Å². The SMILES string of the molecule is CC(C)(C)OC(=O)NCCSCC(=O)Nc1cccc(Cl)c1. The molecule has 0 saturated heterocycles. The molecule has 1 rings (SSSR count). The predicted molar refractivity (Wildman–Crippen MR) is 91.6 cm³/mol. The van der Waals surface area contributed by atoms with E-state index in [1.165, 1.54) is 11.8 Å². The fourth-order valence-corrected chi connectivity index (χ4v) is 2.31. The first-order valence-electron chi connectivity index (χ1n) is 6.86. The van der Waals surface area contributed by atoms with Crippen LogP contribution < -0.4 is 10.6 Å². The van der Waals surface area contributed by atoms with Crippen molar-refractivity contribution >= 4 is 41.1 Å². The summed E-state index contributed by atoms with van der Waals surface area (Å²) in [6, 6.07) is 6.98. The van der Waals surface area contributed by atoms with Crippen LogP contribution in [0.1, 0.15) is 20.8 Å². The molecule has 0 fully saturated rings. The van der Waals surface area contributed by atoms with Gasteiger partial charge in [-0.05, 0) is 39.0 Å². The van der Waals surface area contributed by atoms with Crippen molar-refractivity contribution in [3.8, 4) is 0 Å². The largest absolute Gasteiger partial charge is 0.444 e. The van der Waals surface area contributed by atoms with E-state index in [0.717, 1.165) is 0 Å². The molecule has 0 radical (unpaired) electrons. The van der Waals surface area contributed by atoms with Gasteiger partial charge in [0.25, 0.3) is 0 Å². The summed E-state index contributed by atoms with van der Waals surface area (Å²) in [5.41, 5.74) is 0.165. The number of alkyl carbamates (subject to hydrolysis) is 1. The lowest BCUT2D eigenvalue weighted by Gasteiger charge is -2.19. The Labute approximate surface area is 140 Å². The van der Waals surface area contributed by atoms with E-state index in [4.69, 9.17) is 16.3 Å². The van der Waals surface area contributed by atoms with Gasteiger partial charge in [-0.3, -0.25) is 4.79 Å². The Morgan fingerprint density at radius 3 is 2.68 bits per heavy atom. The zero-order chi connectivity index (χ0) is 16.6. The van der Waals surface area contributed by atoms with E-state index in [-0.39, 0.29) is 5.91 Å². The maximum atomic E-state index is 11.7. The summed E-state index contributed by atoms with van der Waals surface area (Å²) < 4.78 is 5.10. The first kappa shape index (κ1) is 18.6. The number of hydrogen-bond donors (Lipinski definition) is 2. The summed E-state index contributed by atoms with van der Waals surface area (Å²) in [4.78, 5) is 23.1. The molecule has 0 unspecified atom stereocenters. The highest BCUT2D eigenvalue weighted by Gasteiger charge is 2.15. The van der Waals surface area contributed by atoms with Crippen molar-refractivity contribution in [1.29, 1.82) is 0 Å². The van der Waals surface area contributed by atoms with Crippen LogP contribution in [0.25, 0.3) is 0 Å². The standard InChI is InChI=1S/C15H21ClN2O3S/c1-15(2,3)21-14(20)17-7-8-22-10-13(19)18-12-6-4-5-11(16)9-12/h4-6,9H,7-8,10H2,1-3H3,(H,17,20)(H,18,19). The quantitative estimate of drug-likeness (QED) is 0.774. The molecule has 122 valence electrons. The fourth-order valence-electron chi connectivity index (χ4n) is 1.47. The van der Waals surface area contributed by atoms with Crippen LogP contribution in [-0.4, -0.2) is 35.7 Å². The minimum Gasteiger partial charge on any atom is -0.444 e. The van der Waals surface area contributed by atoms with Crippen LogP contribution in [0.2, 0.25) is 5.02 Å². The van der Waals surface area contributed by atoms with Gasteiger partial charge in [-0.15, -0.1) is 0 Å². The number of hydrogen-bond acceptors (Lipinski definition) is 4. The molecule has 7 heteroatoms. The Kier molecular flexibility index (Phi) is 7.55. The smallest absolute Gasteiger partial charge is 0.407 e. The second-order valence-electron chi connectivity index (χ2n) is 5.54. The molecule has 2 N–H and O–H groups in total. The van der Waals surface area contributed by atoms with E-state index >= 15 is 0 Å². The third-order valence-electron chi connectivity index (χ3n) is 2.26. The van der Waals surface area contributed by atoms with Crippen LogP contribution >= 0.6 is 23.4 Å². The van der Waals surface area contributed by atoms with Crippen LogP contribution in [-0.2, 0) is 9.53 Å². The fraction of sp³-hybridized carbons (Fsp3) is 0.467. The van der Waals surface area contributed by atoms with Crippen molar-refractivity contribution in [3.63, 3.8) is 0 Å². The Morgan fingerprint density at radius 2 is 2.05 bits per heavy atom. The van der Waals surface area contributed by atoms with Gasteiger partial charge in [0.05, 0.1) is 5.75 Å². The number of amides is 2. The molecule has 0 spiro atoms. The van der Waals surface area contributed by atoms with Crippen LogP contribution in [0.15, 0.2) is 24.3 Å². The Morgan fingerprint density at radius 1 is 1.32 bits per heavy atom. The number of thioether (sulfide) groups is 1. The van der Waals surface area contributed by atoms with Crippen molar-refractivity contribution in [2.45, 2.75) is 26.4 Å². The molecular weight excluding hydrogens is 324 g/mol. The molecule has 0 aromatic heterocycles. The molecule has 0 saturated carbocycles. The molecule has 0 aliphatic rings. The van der Waals surface area contributed by atoms with Gasteiger partial charge in [0.2, 0.25) is 5.91 Å². The number of halogens is 1. The highest BCUT2D eigenvalue weighted by atomic mass is 35.5. The predicted octanol–water partition coefficient (Wildman–Crippen LogP) is 3.54. The number of benzene rings is 1. The first-order valence-corrected chi connectivity index (χ1v) is 8.39. The zero-order valence-corrected chi connectivity index (χ0v) is 14.5. The molecule has 1 aromatic rings. The van der Waals surface area contributed by atoms with Crippen molar-refractivity contribution in [2.75, 3.05) is 23.4 Å². The van der Waals surface area contributed by atoms with Gasteiger partial charge < -0.3 is 15.4 Å². The number of carbonyl (C=O) groups excluding carboxylic acids is 2. The number of nitrogens with one attached hydrogen (secondary N) is 2.